The summed E-state index contributed by atoms with van der Waals surface area (Å²) < 4.78 is 34.3. The Balaban J connectivity index is 1.53. The van der Waals surface area contributed by atoms with Crippen LogP contribution in [0.2, 0.25) is 0 Å². The van der Waals surface area contributed by atoms with Gasteiger partial charge in [-0.15, -0.1) is 0 Å². The SMILES string of the molecule is COc1cc(/C=C/C(=O)N2CCN(Cc3cccc(C)c3)CC2)ccc1OC(F)F. The molecule has 0 bridgehead atoms. The lowest BCUT2D eigenvalue weighted by Crippen LogP contribution is -2.47. The standard InChI is InChI=1S/C23H26F2N2O3/c1-17-4-3-5-19(14-17)16-26-10-12-27(13-11-26)22(28)9-7-18-6-8-20(30-23(24)25)21(15-18)29-2/h3-9,14-15,23H,10-13,16H2,1-2H3/b9-7+. The Hall–Kier alpha value is -2.93. The van der Waals surface area contributed by atoms with Gasteiger partial charge in [0.1, 0.15) is 0 Å². The maximum atomic E-state index is 12.5. The van der Waals surface area contributed by atoms with Crippen LogP contribution in [0.3, 0.4) is 0 Å². The molecule has 0 N–H and O–H groups in total. The molecule has 1 saturated heterocycles. The summed E-state index contributed by atoms with van der Waals surface area (Å²) in [5, 5.41) is 0. The number of amides is 1. The summed E-state index contributed by atoms with van der Waals surface area (Å²) in [6.07, 6.45) is 3.15. The first-order valence-corrected chi connectivity index (χ1v) is 9.82. The second-order valence-electron chi connectivity index (χ2n) is 7.21. The van der Waals surface area contributed by atoms with Gasteiger partial charge in [-0.25, -0.2) is 0 Å². The van der Waals surface area contributed by atoms with Crippen LogP contribution in [0.15, 0.2) is 48.5 Å². The van der Waals surface area contributed by atoms with E-state index in [4.69, 9.17) is 4.74 Å². The van der Waals surface area contributed by atoms with E-state index in [0.29, 0.717) is 18.7 Å². The number of rotatable bonds is 7. The highest BCUT2D eigenvalue weighted by Gasteiger charge is 2.19. The largest absolute Gasteiger partial charge is 0.493 e. The second-order valence-corrected chi connectivity index (χ2v) is 7.21. The Morgan fingerprint density at radius 3 is 2.53 bits per heavy atom. The number of carbonyl (C=O) groups is 1. The smallest absolute Gasteiger partial charge is 0.387 e. The minimum Gasteiger partial charge on any atom is -0.493 e. The maximum absolute atomic E-state index is 12.5. The molecule has 3 rings (SSSR count). The molecule has 1 aliphatic heterocycles. The van der Waals surface area contributed by atoms with E-state index in [0.717, 1.165) is 19.6 Å². The number of nitrogens with zero attached hydrogens (tertiary/aromatic N) is 2. The van der Waals surface area contributed by atoms with Crippen molar-refractivity contribution in [2.45, 2.75) is 20.1 Å². The Morgan fingerprint density at radius 2 is 1.87 bits per heavy atom. The van der Waals surface area contributed by atoms with Gasteiger partial charge in [0.25, 0.3) is 0 Å². The third-order valence-electron chi connectivity index (χ3n) is 4.99. The molecule has 30 heavy (non-hydrogen) atoms. The van der Waals surface area contributed by atoms with Gasteiger partial charge in [-0.1, -0.05) is 35.9 Å². The highest BCUT2D eigenvalue weighted by atomic mass is 19.3. The van der Waals surface area contributed by atoms with Gasteiger partial charge in [0.15, 0.2) is 11.5 Å². The zero-order chi connectivity index (χ0) is 21.5. The van der Waals surface area contributed by atoms with E-state index >= 15 is 0 Å². The van der Waals surface area contributed by atoms with Crippen molar-refractivity contribution in [3.8, 4) is 11.5 Å². The number of methoxy groups -OCH3 is 1. The lowest BCUT2D eigenvalue weighted by molar-refractivity contribution is -0.127. The van der Waals surface area contributed by atoms with E-state index in [-0.39, 0.29) is 17.4 Å². The van der Waals surface area contributed by atoms with E-state index in [2.05, 4.69) is 40.8 Å². The molecular formula is C23H26F2N2O3. The third kappa shape index (κ3) is 6.03. The number of hydrogen-bond acceptors (Lipinski definition) is 4. The molecule has 160 valence electrons. The molecule has 2 aromatic carbocycles. The molecule has 0 unspecified atom stereocenters. The average molecular weight is 416 g/mol. The van der Waals surface area contributed by atoms with Gasteiger partial charge in [0.2, 0.25) is 5.91 Å². The van der Waals surface area contributed by atoms with Gasteiger partial charge >= 0.3 is 6.61 Å². The summed E-state index contributed by atoms with van der Waals surface area (Å²) in [6.45, 7) is 3.01. The lowest BCUT2D eigenvalue weighted by atomic mass is 10.1. The fourth-order valence-electron chi connectivity index (χ4n) is 3.45. The molecular weight excluding hydrogens is 390 g/mol. The van der Waals surface area contributed by atoms with Crippen molar-refractivity contribution >= 4 is 12.0 Å². The maximum Gasteiger partial charge on any atom is 0.387 e. The Bertz CT molecular complexity index is 894. The molecule has 2 aromatic rings. The quantitative estimate of drug-likeness (QED) is 0.641. The van der Waals surface area contributed by atoms with E-state index in [1.54, 1.807) is 18.2 Å². The molecule has 0 aliphatic carbocycles. The Kier molecular flexibility index (Phi) is 7.41. The van der Waals surface area contributed by atoms with Crippen LogP contribution in [-0.4, -0.2) is 55.6 Å². The first-order chi connectivity index (χ1) is 14.4. The number of alkyl halides is 2. The van der Waals surface area contributed by atoms with Crippen molar-refractivity contribution in [1.29, 1.82) is 0 Å². The normalized spacial score (nSPS) is 15.0. The van der Waals surface area contributed by atoms with Gasteiger partial charge in [-0.2, -0.15) is 8.78 Å². The van der Waals surface area contributed by atoms with Gasteiger partial charge in [0.05, 0.1) is 7.11 Å². The lowest BCUT2D eigenvalue weighted by Gasteiger charge is -2.34. The van der Waals surface area contributed by atoms with E-state index in [1.807, 2.05) is 4.90 Å². The molecule has 7 heteroatoms. The van der Waals surface area contributed by atoms with Crippen LogP contribution in [0.25, 0.3) is 6.08 Å². The molecule has 1 amide bonds. The van der Waals surface area contributed by atoms with Crippen molar-refractivity contribution in [3.63, 3.8) is 0 Å². The zero-order valence-electron chi connectivity index (χ0n) is 17.2. The van der Waals surface area contributed by atoms with Crippen LogP contribution in [-0.2, 0) is 11.3 Å². The number of aryl methyl sites for hydroxylation is 1. The van der Waals surface area contributed by atoms with Crippen LogP contribution < -0.4 is 9.47 Å². The predicted octanol–water partition coefficient (Wildman–Crippen LogP) is 3.96. The number of piperazine rings is 1. The topological polar surface area (TPSA) is 42.0 Å². The van der Waals surface area contributed by atoms with Gasteiger partial charge in [-0.3, -0.25) is 9.69 Å². The van der Waals surface area contributed by atoms with Crippen molar-refractivity contribution in [2.75, 3.05) is 33.3 Å². The molecule has 1 heterocycles. The van der Waals surface area contributed by atoms with Gasteiger partial charge in [-0.05, 0) is 36.3 Å². The van der Waals surface area contributed by atoms with Crippen molar-refractivity contribution in [3.05, 3.63) is 65.2 Å². The molecule has 1 fully saturated rings. The summed E-state index contributed by atoms with van der Waals surface area (Å²) >= 11 is 0. The summed E-state index contributed by atoms with van der Waals surface area (Å²) in [5.74, 6) is 0.0763. The minimum atomic E-state index is -2.92. The molecule has 0 spiro atoms. The molecule has 5 nitrogen and oxygen atoms in total. The first kappa shape index (κ1) is 21.8. The van der Waals surface area contributed by atoms with Crippen molar-refractivity contribution < 1.29 is 23.0 Å². The number of carbonyl (C=O) groups excluding carboxylic acids is 1. The van der Waals surface area contributed by atoms with Crippen molar-refractivity contribution in [1.82, 2.24) is 9.80 Å². The molecule has 0 radical (unpaired) electrons. The molecule has 0 atom stereocenters. The Labute approximate surface area is 175 Å². The van der Waals surface area contributed by atoms with Crippen LogP contribution in [0.1, 0.15) is 16.7 Å². The summed E-state index contributed by atoms with van der Waals surface area (Å²) in [6, 6.07) is 13.0. The van der Waals surface area contributed by atoms with Crippen LogP contribution in [0.4, 0.5) is 8.78 Å². The van der Waals surface area contributed by atoms with E-state index in [9.17, 15) is 13.6 Å². The minimum absolute atomic E-state index is 0.0410. The van der Waals surface area contributed by atoms with Crippen LogP contribution >= 0.6 is 0 Å². The summed E-state index contributed by atoms with van der Waals surface area (Å²) in [7, 11) is 1.38. The summed E-state index contributed by atoms with van der Waals surface area (Å²) in [5.41, 5.74) is 3.19. The predicted molar refractivity (Wildman–Crippen MR) is 112 cm³/mol. The van der Waals surface area contributed by atoms with Gasteiger partial charge < -0.3 is 14.4 Å². The second kappa shape index (κ2) is 10.2. The highest BCUT2D eigenvalue weighted by Crippen LogP contribution is 2.29. The number of halogens is 2. The fraction of sp³-hybridized carbons (Fsp3) is 0.348. The summed E-state index contributed by atoms with van der Waals surface area (Å²) in [4.78, 5) is 16.7. The number of hydrogen-bond donors (Lipinski definition) is 0. The third-order valence-corrected chi connectivity index (χ3v) is 4.99. The number of ether oxygens (including phenoxy) is 2. The molecule has 1 aliphatic rings. The van der Waals surface area contributed by atoms with Gasteiger partial charge in [0, 0.05) is 38.8 Å². The fourth-order valence-corrected chi connectivity index (χ4v) is 3.45. The number of benzene rings is 2. The highest BCUT2D eigenvalue weighted by molar-refractivity contribution is 5.92. The van der Waals surface area contributed by atoms with E-state index in [1.165, 1.54) is 30.4 Å². The van der Waals surface area contributed by atoms with Crippen LogP contribution in [0, 0.1) is 6.92 Å². The van der Waals surface area contributed by atoms with Crippen LogP contribution in [0.5, 0.6) is 11.5 Å². The Morgan fingerprint density at radius 1 is 1.10 bits per heavy atom. The monoisotopic (exact) mass is 416 g/mol. The molecule has 0 saturated carbocycles. The average Bonchev–Trinajstić information content (AvgIpc) is 2.73. The van der Waals surface area contributed by atoms with Crippen molar-refractivity contribution in [2.24, 2.45) is 0 Å². The molecule has 0 aromatic heterocycles. The van der Waals surface area contributed by atoms with E-state index < -0.39 is 6.61 Å². The zero-order valence-corrected chi connectivity index (χ0v) is 17.2. The first-order valence-electron chi connectivity index (χ1n) is 9.82.